The van der Waals surface area contributed by atoms with Crippen LogP contribution in [0, 0.1) is 0 Å². The topological polar surface area (TPSA) is 73.3 Å². The number of thiophene rings is 1. The van der Waals surface area contributed by atoms with Crippen molar-refractivity contribution in [2.75, 3.05) is 18.5 Å². The predicted molar refractivity (Wildman–Crippen MR) is 84.3 cm³/mol. The van der Waals surface area contributed by atoms with Crippen molar-refractivity contribution < 1.29 is 14.3 Å². The van der Waals surface area contributed by atoms with Crippen molar-refractivity contribution in [3.63, 3.8) is 0 Å². The van der Waals surface area contributed by atoms with E-state index in [1.54, 1.807) is 6.07 Å². The van der Waals surface area contributed by atoms with Crippen LogP contribution >= 0.6 is 27.3 Å². The Labute approximate surface area is 134 Å². The quantitative estimate of drug-likeness (QED) is 0.842. The number of aromatic nitrogens is 2. The van der Waals surface area contributed by atoms with Gasteiger partial charge >= 0.3 is 6.01 Å². The molecular formula is C13H14BrN3O3S. The normalized spacial score (nSPS) is 10.2. The van der Waals surface area contributed by atoms with Crippen molar-refractivity contribution in [2.45, 2.75) is 13.8 Å². The number of anilines is 1. The van der Waals surface area contributed by atoms with Gasteiger partial charge in [-0.3, -0.25) is 4.79 Å². The number of ether oxygens (including phenoxy) is 2. The van der Waals surface area contributed by atoms with Crippen LogP contribution in [0.15, 0.2) is 22.1 Å². The van der Waals surface area contributed by atoms with Gasteiger partial charge in [0.1, 0.15) is 5.69 Å². The Balaban J connectivity index is 2.20. The number of rotatable bonds is 6. The van der Waals surface area contributed by atoms with Crippen molar-refractivity contribution in [3.05, 3.63) is 27.0 Å². The second-order valence-electron chi connectivity index (χ2n) is 3.82. The van der Waals surface area contributed by atoms with Gasteiger partial charge < -0.3 is 14.8 Å². The number of carbonyl (C=O) groups is 1. The van der Waals surface area contributed by atoms with E-state index in [9.17, 15) is 4.79 Å². The number of amides is 1. The van der Waals surface area contributed by atoms with Gasteiger partial charge in [-0.15, -0.1) is 11.3 Å². The molecule has 1 N–H and O–H groups in total. The summed E-state index contributed by atoms with van der Waals surface area (Å²) >= 11 is 4.66. The zero-order valence-corrected chi connectivity index (χ0v) is 14.0. The third-order valence-electron chi connectivity index (χ3n) is 2.33. The molecule has 0 saturated carbocycles. The molecule has 6 nitrogen and oxygen atoms in total. The van der Waals surface area contributed by atoms with E-state index in [1.807, 2.05) is 19.2 Å². The summed E-state index contributed by atoms with van der Waals surface area (Å²) in [5.41, 5.74) is 0.412. The lowest BCUT2D eigenvalue weighted by molar-refractivity contribution is 0.102. The second kappa shape index (κ2) is 7.37. The molecule has 0 fully saturated rings. The minimum absolute atomic E-state index is 0.220. The van der Waals surface area contributed by atoms with Crippen LogP contribution < -0.4 is 14.8 Å². The Morgan fingerprint density at radius 2 is 2.14 bits per heavy atom. The molecule has 2 aromatic heterocycles. The minimum Gasteiger partial charge on any atom is -0.476 e. The summed E-state index contributed by atoms with van der Waals surface area (Å²) in [4.78, 5) is 20.9. The molecule has 0 radical (unpaired) electrons. The zero-order chi connectivity index (χ0) is 15.2. The van der Waals surface area contributed by atoms with Gasteiger partial charge in [0.25, 0.3) is 5.91 Å². The van der Waals surface area contributed by atoms with Gasteiger partial charge in [-0.25, -0.2) is 4.98 Å². The Morgan fingerprint density at radius 1 is 1.38 bits per heavy atom. The van der Waals surface area contributed by atoms with Gasteiger partial charge in [-0.05, 0) is 35.8 Å². The molecule has 0 aliphatic rings. The van der Waals surface area contributed by atoms with Gasteiger partial charge in [-0.1, -0.05) is 0 Å². The molecular weight excluding hydrogens is 358 g/mol. The van der Waals surface area contributed by atoms with Crippen LogP contribution in [0.1, 0.15) is 23.5 Å². The average Bonchev–Trinajstić information content (AvgIpc) is 2.89. The summed E-state index contributed by atoms with van der Waals surface area (Å²) in [7, 11) is 0. The summed E-state index contributed by atoms with van der Waals surface area (Å²) < 4.78 is 11.5. The van der Waals surface area contributed by atoms with E-state index in [0.717, 1.165) is 4.47 Å². The lowest BCUT2D eigenvalue weighted by Crippen LogP contribution is -2.13. The highest BCUT2D eigenvalue weighted by molar-refractivity contribution is 9.10. The van der Waals surface area contributed by atoms with Gasteiger partial charge in [-0.2, -0.15) is 4.98 Å². The van der Waals surface area contributed by atoms with Crippen molar-refractivity contribution in [3.8, 4) is 11.9 Å². The average molecular weight is 372 g/mol. The van der Waals surface area contributed by atoms with Crippen LogP contribution in [0.3, 0.4) is 0 Å². The first-order chi connectivity index (χ1) is 10.1. The lowest BCUT2D eigenvalue weighted by Gasteiger charge is -2.10. The molecule has 0 unspecified atom stereocenters. The first kappa shape index (κ1) is 15.7. The number of carbonyl (C=O) groups excluding carboxylic acids is 1. The Hall–Kier alpha value is -1.67. The summed E-state index contributed by atoms with van der Waals surface area (Å²) in [5.74, 6) is 0.0549. The standard InChI is InChI=1S/C13H14BrN3O3S/c1-3-19-12-9(6-15-13(17-12)20-4-2)16-11(18)10-5-8(14)7-21-10/h5-7H,3-4H2,1-2H3,(H,16,18). The third kappa shape index (κ3) is 4.15. The lowest BCUT2D eigenvalue weighted by atomic mass is 10.4. The molecule has 112 valence electrons. The molecule has 21 heavy (non-hydrogen) atoms. The van der Waals surface area contributed by atoms with Crippen LogP contribution in [0.2, 0.25) is 0 Å². The number of hydrogen-bond donors (Lipinski definition) is 1. The summed E-state index contributed by atoms with van der Waals surface area (Å²) in [6.07, 6.45) is 1.48. The SMILES string of the molecule is CCOc1ncc(NC(=O)c2cc(Br)cs2)c(OCC)n1. The highest BCUT2D eigenvalue weighted by Gasteiger charge is 2.14. The Morgan fingerprint density at radius 3 is 2.76 bits per heavy atom. The van der Waals surface area contributed by atoms with E-state index < -0.39 is 0 Å². The maximum atomic E-state index is 12.1. The van der Waals surface area contributed by atoms with E-state index in [-0.39, 0.29) is 11.9 Å². The largest absolute Gasteiger partial charge is 0.476 e. The molecule has 2 rings (SSSR count). The first-order valence-electron chi connectivity index (χ1n) is 6.32. The Bertz CT molecular complexity index is 633. The third-order valence-corrected chi connectivity index (χ3v) is 4.02. The number of hydrogen-bond acceptors (Lipinski definition) is 6. The smallest absolute Gasteiger partial charge is 0.319 e. The molecule has 1 amide bonds. The molecule has 0 aromatic carbocycles. The fourth-order valence-electron chi connectivity index (χ4n) is 1.50. The fraction of sp³-hybridized carbons (Fsp3) is 0.308. The van der Waals surface area contributed by atoms with Crippen molar-refractivity contribution >= 4 is 38.9 Å². The number of halogens is 1. The van der Waals surface area contributed by atoms with Crippen LogP contribution in [-0.2, 0) is 0 Å². The second-order valence-corrected chi connectivity index (χ2v) is 5.65. The maximum Gasteiger partial charge on any atom is 0.319 e. The van der Waals surface area contributed by atoms with Crippen LogP contribution in [0.25, 0.3) is 0 Å². The Kier molecular flexibility index (Phi) is 5.51. The van der Waals surface area contributed by atoms with Gasteiger partial charge in [0.2, 0.25) is 5.88 Å². The molecule has 0 aliphatic heterocycles. The molecule has 0 saturated heterocycles. The van der Waals surface area contributed by atoms with Crippen molar-refractivity contribution in [2.24, 2.45) is 0 Å². The van der Waals surface area contributed by atoms with E-state index in [2.05, 4.69) is 31.2 Å². The zero-order valence-electron chi connectivity index (χ0n) is 11.6. The number of nitrogens with zero attached hydrogens (tertiary/aromatic N) is 2. The predicted octanol–water partition coefficient (Wildman–Crippen LogP) is 3.35. The van der Waals surface area contributed by atoms with E-state index in [4.69, 9.17) is 9.47 Å². The summed E-state index contributed by atoms with van der Waals surface area (Å²) in [6, 6.07) is 1.97. The molecule has 0 bridgehead atoms. The monoisotopic (exact) mass is 371 g/mol. The van der Waals surface area contributed by atoms with Crippen LogP contribution in [-0.4, -0.2) is 29.1 Å². The van der Waals surface area contributed by atoms with Crippen molar-refractivity contribution in [1.82, 2.24) is 9.97 Å². The summed E-state index contributed by atoms with van der Waals surface area (Å²) in [6.45, 7) is 4.56. The highest BCUT2D eigenvalue weighted by Crippen LogP contribution is 2.25. The fourth-order valence-corrected chi connectivity index (χ4v) is 2.82. The molecule has 2 heterocycles. The van der Waals surface area contributed by atoms with Crippen molar-refractivity contribution in [1.29, 1.82) is 0 Å². The highest BCUT2D eigenvalue weighted by atomic mass is 79.9. The molecule has 8 heteroatoms. The van der Waals surface area contributed by atoms with Gasteiger partial charge in [0.05, 0.1) is 24.3 Å². The van der Waals surface area contributed by atoms with Gasteiger partial charge in [0.15, 0.2) is 0 Å². The molecule has 2 aromatic rings. The van der Waals surface area contributed by atoms with Crippen LogP contribution in [0.4, 0.5) is 5.69 Å². The maximum absolute atomic E-state index is 12.1. The van der Waals surface area contributed by atoms with E-state index in [0.29, 0.717) is 29.7 Å². The number of nitrogens with one attached hydrogen (secondary N) is 1. The van der Waals surface area contributed by atoms with E-state index in [1.165, 1.54) is 17.5 Å². The van der Waals surface area contributed by atoms with Gasteiger partial charge in [0, 0.05) is 9.85 Å². The molecule has 0 atom stereocenters. The summed E-state index contributed by atoms with van der Waals surface area (Å²) in [5, 5.41) is 4.58. The molecule has 0 aliphatic carbocycles. The minimum atomic E-state index is -0.237. The first-order valence-corrected chi connectivity index (χ1v) is 7.99. The van der Waals surface area contributed by atoms with Crippen LogP contribution in [0.5, 0.6) is 11.9 Å². The van der Waals surface area contributed by atoms with E-state index >= 15 is 0 Å². The molecule has 0 spiro atoms.